The predicted molar refractivity (Wildman–Crippen MR) is 335 cm³/mol. The van der Waals surface area contributed by atoms with Gasteiger partial charge in [0.25, 0.3) is 17.1 Å². The molecule has 0 atom stereocenters. The van der Waals surface area contributed by atoms with Gasteiger partial charge in [0.15, 0.2) is 5.75 Å². The summed E-state index contributed by atoms with van der Waals surface area (Å²) in [5, 5.41) is 39.3. The standard InChI is InChI=1S/C73H56N4O10/c78-70(47-50-87-74-72-67-51-59(75(79)80)40-46-64(67)71-68(72)52-60(76(81)82)53-69(71)77(83)84)85-48-23-6-4-2-1-3-5-7-24-49-86-73-65(44-38-57-31-19-11-20-32-57)62(42-36-55-27-15-9-16-28-55)61(41-35-54-25-13-8-14-26-54)63(43-37-56-29-17-10-18-30-56)66(73)45-39-58-33-21-12-22-34-58/h8-22,25-34,40,46,51-53H,1-7,23-24,47-50H2/b74-72+. The molecule has 0 aliphatic heterocycles. The molecule has 0 bridgehead atoms. The maximum Gasteiger partial charge on any atom is 0.309 e. The smallest absolute Gasteiger partial charge is 0.309 e. The van der Waals surface area contributed by atoms with Crippen LogP contribution in [0.5, 0.6) is 5.75 Å². The van der Waals surface area contributed by atoms with Crippen molar-refractivity contribution in [2.75, 3.05) is 19.8 Å². The first kappa shape index (κ1) is 60.1. The third-order valence-electron chi connectivity index (χ3n) is 13.8. The van der Waals surface area contributed by atoms with Gasteiger partial charge in [-0.3, -0.25) is 35.1 Å². The summed E-state index contributed by atoms with van der Waals surface area (Å²) in [6.45, 7) is 0.367. The van der Waals surface area contributed by atoms with E-state index in [0.717, 1.165) is 91.3 Å². The summed E-state index contributed by atoms with van der Waals surface area (Å²) in [4.78, 5) is 51.1. The topological polar surface area (TPSA) is 187 Å². The summed E-state index contributed by atoms with van der Waals surface area (Å²) in [5.41, 5.74) is 5.90. The van der Waals surface area contributed by atoms with Gasteiger partial charge >= 0.3 is 5.97 Å². The number of ether oxygens (including phenoxy) is 2. The Kier molecular flexibility index (Phi) is 21.2. The number of oxime groups is 1. The molecule has 14 nitrogen and oxygen atoms in total. The van der Waals surface area contributed by atoms with Crippen molar-refractivity contribution in [2.24, 2.45) is 5.16 Å². The molecule has 0 amide bonds. The van der Waals surface area contributed by atoms with Gasteiger partial charge < -0.3 is 14.3 Å². The predicted octanol–water partition coefficient (Wildman–Crippen LogP) is 14.7. The van der Waals surface area contributed by atoms with E-state index in [1.807, 2.05) is 152 Å². The number of benzene rings is 8. The Labute approximate surface area is 504 Å². The van der Waals surface area contributed by atoms with Crippen LogP contribution in [-0.2, 0) is 14.4 Å². The van der Waals surface area contributed by atoms with E-state index in [1.54, 1.807) is 0 Å². The number of hydrogen-bond acceptors (Lipinski definition) is 11. The Balaban J connectivity index is 0.837. The van der Waals surface area contributed by atoms with Crippen LogP contribution in [0.25, 0.3) is 11.1 Å². The van der Waals surface area contributed by atoms with Crippen LogP contribution >= 0.6 is 0 Å². The van der Waals surface area contributed by atoms with E-state index in [9.17, 15) is 35.1 Å². The molecule has 0 saturated carbocycles. The van der Waals surface area contributed by atoms with Crippen LogP contribution < -0.4 is 4.74 Å². The van der Waals surface area contributed by atoms with Gasteiger partial charge in [0.05, 0.1) is 73.9 Å². The third-order valence-corrected chi connectivity index (χ3v) is 13.8. The number of esters is 1. The SMILES string of the molecule is O=C(CCO/N=C1\c2cc([N+](=O)[O-])ccc2-c2c1cc([N+](=O)[O-])cc2[N+](=O)[O-])OCCCCCCCCCCCOc1c(C#Cc2ccccc2)c(C#Cc2ccccc2)c(C#Cc2ccccc2)c(C#Cc2ccccc2)c1C#Cc1ccccc1. The third kappa shape index (κ3) is 16.6. The van der Waals surface area contributed by atoms with Gasteiger partial charge in [-0.05, 0) is 85.1 Å². The average Bonchev–Trinajstić information content (AvgIpc) is 1.94. The van der Waals surface area contributed by atoms with Crippen LogP contribution in [0.2, 0.25) is 0 Å². The number of hydrogen-bond donors (Lipinski definition) is 0. The summed E-state index contributed by atoms with van der Waals surface area (Å²) in [7, 11) is 0. The molecular weight excluding hydrogens is 1090 g/mol. The second-order valence-corrected chi connectivity index (χ2v) is 19.9. The fraction of sp³-hybridized carbons (Fsp3) is 0.178. The Morgan fingerprint density at radius 2 is 0.782 bits per heavy atom. The molecule has 0 N–H and O–H groups in total. The van der Waals surface area contributed by atoms with E-state index >= 15 is 0 Å². The lowest BCUT2D eigenvalue weighted by Gasteiger charge is -2.17. The van der Waals surface area contributed by atoms with Crippen molar-refractivity contribution in [1.82, 2.24) is 0 Å². The molecule has 8 aromatic rings. The van der Waals surface area contributed by atoms with Crippen molar-refractivity contribution in [3.05, 3.63) is 279 Å². The zero-order chi connectivity index (χ0) is 60.6. The van der Waals surface area contributed by atoms with Crippen molar-refractivity contribution >= 4 is 28.7 Å². The maximum absolute atomic E-state index is 12.6. The molecule has 0 spiro atoms. The number of nitro groups is 3. The Bertz CT molecular complexity index is 4050. The van der Waals surface area contributed by atoms with E-state index in [0.29, 0.717) is 46.6 Å². The number of nitrogens with zero attached hydrogens (tertiary/aromatic N) is 4. The lowest BCUT2D eigenvalue weighted by Crippen LogP contribution is -2.09. The normalized spacial score (nSPS) is 11.0. The summed E-state index contributed by atoms with van der Waals surface area (Å²) >= 11 is 0. The minimum atomic E-state index is -0.780. The molecular formula is C73H56N4O10. The summed E-state index contributed by atoms with van der Waals surface area (Å²) in [5.74, 6) is 34.5. The number of carbonyl (C=O) groups excluding carboxylic acids is 1. The highest BCUT2D eigenvalue weighted by molar-refractivity contribution is 6.26. The van der Waals surface area contributed by atoms with Crippen molar-refractivity contribution < 1.29 is 33.9 Å². The van der Waals surface area contributed by atoms with Gasteiger partial charge in [-0.2, -0.15) is 0 Å². The Morgan fingerprint density at radius 3 is 1.21 bits per heavy atom. The van der Waals surface area contributed by atoms with E-state index in [1.165, 1.54) is 18.2 Å². The van der Waals surface area contributed by atoms with Crippen LogP contribution in [-0.4, -0.2) is 46.3 Å². The van der Waals surface area contributed by atoms with Gasteiger partial charge in [-0.15, -0.1) is 0 Å². The number of rotatable bonds is 20. The molecule has 14 heteroatoms. The quantitative estimate of drug-likeness (QED) is 0.0234. The molecule has 0 fully saturated rings. The molecule has 0 aromatic heterocycles. The van der Waals surface area contributed by atoms with Crippen LogP contribution in [0.1, 0.15) is 131 Å². The zero-order valence-corrected chi connectivity index (χ0v) is 47.4. The molecule has 9 rings (SSSR count). The van der Waals surface area contributed by atoms with E-state index in [4.69, 9.17) is 14.3 Å². The molecule has 428 valence electrons. The minimum absolute atomic E-state index is 0.00344. The van der Waals surface area contributed by atoms with E-state index < -0.39 is 32.1 Å². The summed E-state index contributed by atoms with van der Waals surface area (Å²) in [6, 6.07) is 54.6. The fourth-order valence-electron chi connectivity index (χ4n) is 9.51. The summed E-state index contributed by atoms with van der Waals surface area (Å²) < 4.78 is 12.4. The van der Waals surface area contributed by atoms with Gasteiger partial charge in [0.1, 0.15) is 12.3 Å². The van der Waals surface area contributed by atoms with Crippen LogP contribution in [0.3, 0.4) is 0 Å². The molecule has 0 radical (unpaired) electrons. The van der Waals surface area contributed by atoms with E-state index in [2.05, 4.69) is 64.4 Å². The number of carbonyl (C=O) groups is 1. The van der Waals surface area contributed by atoms with Crippen molar-refractivity contribution in [3.63, 3.8) is 0 Å². The van der Waals surface area contributed by atoms with Gasteiger partial charge in [0, 0.05) is 57.1 Å². The largest absolute Gasteiger partial charge is 0.491 e. The molecule has 1 aliphatic rings. The molecule has 1 aliphatic carbocycles. The van der Waals surface area contributed by atoms with Gasteiger partial charge in [-0.1, -0.05) is 200 Å². The van der Waals surface area contributed by atoms with Crippen molar-refractivity contribution in [3.8, 4) is 76.1 Å². The van der Waals surface area contributed by atoms with Crippen LogP contribution in [0, 0.1) is 89.5 Å². The lowest BCUT2D eigenvalue weighted by molar-refractivity contribution is -0.393. The second kappa shape index (κ2) is 30.7. The number of non-ortho nitro benzene ring substituents is 2. The second-order valence-electron chi connectivity index (χ2n) is 19.9. The Hall–Kier alpha value is -11.5. The first-order valence-electron chi connectivity index (χ1n) is 28.5. The molecule has 0 heterocycles. The average molecular weight is 1150 g/mol. The zero-order valence-electron chi connectivity index (χ0n) is 47.4. The van der Waals surface area contributed by atoms with Crippen LogP contribution in [0.15, 0.2) is 187 Å². The first-order valence-corrected chi connectivity index (χ1v) is 28.5. The molecule has 0 unspecified atom stereocenters. The lowest BCUT2D eigenvalue weighted by atomic mass is 9.89. The monoisotopic (exact) mass is 1150 g/mol. The molecule has 8 aromatic carbocycles. The van der Waals surface area contributed by atoms with Crippen molar-refractivity contribution in [2.45, 2.75) is 64.2 Å². The van der Waals surface area contributed by atoms with E-state index in [-0.39, 0.29) is 53.3 Å². The summed E-state index contributed by atoms with van der Waals surface area (Å²) in [6.07, 6.45) is 8.14. The Morgan fingerprint density at radius 1 is 0.391 bits per heavy atom. The molecule has 87 heavy (non-hydrogen) atoms. The highest BCUT2D eigenvalue weighted by atomic mass is 16.6. The number of unbranched alkanes of at least 4 members (excludes halogenated alkanes) is 8. The first-order chi connectivity index (χ1) is 42.6. The minimum Gasteiger partial charge on any atom is -0.491 e. The van der Waals surface area contributed by atoms with Crippen molar-refractivity contribution in [1.29, 1.82) is 0 Å². The highest BCUT2D eigenvalue weighted by Crippen LogP contribution is 2.46. The van der Waals surface area contributed by atoms with Crippen LogP contribution in [0.4, 0.5) is 17.1 Å². The molecule has 0 saturated heterocycles. The highest BCUT2D eigenvalue weighted by Gasteiger charge is 2.36. The van der Waals surface area contributed by atoms with Gasteiger partial charge in [0.2, 0.25) is 0 Å². The number of fused-ring (bicyclic) bond motifs is 3. The number of nitro benzene ring substituents is 3. The maximum atomic E-state index is 12.6. The van der Waals surface area contributed by atoms with Gasteiger partial charge in [-0.25, -0.2) is 0 Å². The fourth-order valence-corrected chi connectivity index (χ4v) is 9.51.